The number of nitrogens with zero attached hydrogens (tertiary/aromatic N) is 2. The minimum atomic E-state index is -0.527. The third-order valence-electron chi connectivity index (χ3n) is 5.74. The molecular weight excluding hydrogens is 370 g/mol. The smallest absolute Gasteiger partial charge is 0.253 e. The Labute approximate surface area is 168 Å². The average Bonchev–Trinajstić information content (AvgIpc) is 2.97. The van der Waals surface area contributed by atoms with Crippen molar-refractivity contribution in [1.29, 1.82) is 0 Å². The molecule has 0 spiro atoms. The fraction of sp³-hybridized carbons (Fsp3) is 0.318. The highest BCUT2D eigenvalue weighted by molar-refractivity contribution is 5.97. The lowest BCUT2D eigenvalue weighted by Gasteiger charge is -2.41. The number of amides is 3. The number of carbonyl (C=O) groups is 3. The van der Waals surface area contributed by atoms with Crippen LogP contribution in [0.5, 0.6) is 5.75 Å². The zero-order chi connectivity index (χ0) is 20.5. The van der Waals surface area contributed by atoms with Crippen LogP contribution in [0.1, 0.15) is 39.1 Å². The normalized spacial score (nSPS) is 20.6. The number of fused-ring (bicyclic) bond motifs is 2. The van der Waals surface area contributed by atoms with Gasteiger partial charge < -0.3 is 20.6 Å². The predicted octanol–water partition coefficient (Wildman–Crippen LogP) is 1.55. The first-order chi connectivity index (χ1) is 13.9. The molecule has 3 N–H and O–H groups in total. The van der Waals surface area contributed by atoms with Crippen LogP contribution in [0.3, 0.4) is 0 Å². The standard InChI is InChI=1S/C22H23N3O4/c23-21(28)15-4-6-16(7-5-15)22(29)24-12-17-8-9-18(13-24)25(17)20(27)11-14-2-1-3-19(26)10-14/h1-7,10,17-18,26H,8-9,11-13H2,(H2,23,28). The summed E-state index contributed by atoms with van der Waals surface area (Å²) in [5.41, 5.74) is 6.90. The van der Waals surface area contributed by atoms with Crippen molar-refractivity contribution in [2.75, 3.05) is 13.1 Å². The quantitative estimate of drug-likeness (QED) is 0.822. The number of phenolic OH excluding ortho intramolecular Hbond substituents is 1. The molecule has 2 saturated heterocycles. The van der Waals surface area contributed by atoms with E-state index in [2.05, 4.69) is 0 Å². The second-order valence-corrected chi connectivity index (χ2v) is 7.68. The molecule has 2 aromatic rings. The van der Waals surface area contributed by atoms with Gasteiger partial charge in [0.05, 0.1) is 6.42 Å². The monoisotopic (exact) mass is 393 g/mol. The van der Waals surface area contributed by atoms with Crippen LogP contribution >= 0.6 is 0 Å². The SMILES string of the molecule is NC(=O)c1ccc(C(=O)N2CC3CCC(C2)N3C(=O)Cc2cccc(O)c2)cc1. The van der Waals surface area contributed by atoms with E-state index >= 15 is 0 Å². The van der Waals surface area contributed by atoms with Gasteiger partial charge in [-0.1, -0.05) is 12.1 Å². The largest absolute Gasteiger partial charge is 0.508 e. The summed E-state index contributed by atoms with van der Waals surface area (Å²) >= 11 is 0. The summed E-state index contributed by atoms with van der Waals surface area (Å²) in [5, 5.41) is 9.61. The topological polar surface area (TPSA) is 104 Å². The second-order valence-electron chi connectivity index (χ2n) is 7.68. The van der Waals surface area contributed by atoms with Crippen molar-refractivity contribution >= 4 is 17.7 Å². The van der Waals surface area contributed by atoms with Crippen LogP contribution in [0, 0.1) is 0 Å². The number of primary amides is 1. The molecule has 2 aliphatic heterocycles. The van der Waals surface area contributed by atoms with Crippen LogP contribution < -0.4 is 5.73 Å². The van der Waals surface area contributed by atoms with Gasteiger partial charge in [0, 0.05) is 36.3 Å². The molecule has 7 nitrogen and oxygen atoms in total. The Morgan fingerprint density at radius 3 is 2.17 bits per heavy atom. The number of benzene rings is 2. The Morgan fingerprint density at radius 1 is 0.966 bits per heavy atom. The molecule has 0 aromatic heterocycles. The van der Waals surface area contributed by atoms with Crippen molar-refractivity contribution in [3.8, 4) is 5.75 Å². The zero-order valence-electron chi connectivity index (χ0n) is 16.0. The van der Waals surface area contributed by atoms with Gasteiger partial charge in [-0.05, 0) is 54.8 Å². The van der Waals surface area contributed by atoms with Crippen molar-refractivity contribution in [1.82, 2.24) is 9.80 Å². The number of rotatable bonds is 4. The summed E-state index contributed by atoms with van der Waals surface area (Å²) in [6, 6.07) is 13.1. The lowest BCUT2D eigenvalue weighted by molar-refractivity contribution is -0.135. The van der Waals surface area contributed by atoms with Crippen LogP contribution in [0.25, 0.3) is 0 Å². The Hall–Kier alpha value is -3.35. The van der Waals surface area contributed by atoms with Gasteiger partial charge in [0.2, 0.25) is 11.8 Å². The first-order valence-corrected chi connectivity index (χ1v) is 9.70. The van der Waals surface area contributed by atoms with Gasteiger partial charge in [-0.25, -0.2) is 0 Å². The van der Waals surface area contributed by atoms with E-state index in [0.717, 1.165) is 18.4 Å². The first kappa shape index (κ1) is 19.0. The number of hydrogen-bond acceptors (Lipinski definition) is 4. The number of carbonyl (C=O) groups excluding carboxylic acids is 3. The van der Waals surface area contributed by atoms with Crippen LogP contribution in [0.4, 0.5) is 0 Å². The van der Waals surface area contributed by atoms with Gasteiger partial charge in [-0.3, -0.25) is 14.4 Å². The molecule has 2 unspecified atom stereocenters. The molecule has 7 heteroatoms. The molecule has 0 radical (unpaired) electrons. The average molecular weight is 393 g/mol. The van der Waals surface area contributed by atoms with Crippen molar-refractivity contribution < 1.29 is 19.5 Å². The summed E-state index contributed by atoms with van der Waals surface area (Å²) in [6.45, 7) is 0.997. The highest BCUT2D eigenvalue weighted by Gasteiger charge is 2.43. The van der Waals surface area contributed by atoms with E-state index in [0.29, 0.717) is 24.2 Å². The molecule has 0 saturated carbocycles. The molecule has 150 valence electrons. The van der Waals surface area contributed by atoms with Crippen LogP contribution in [0.15, 0.2) is 48.5 Å². The van der Waals surface area contributed by atoms with Gasteiger partial charge in [0.25, 0.3) is 5.91 Å². The van der Waals surface area contributed by atoms with E-state index < -0.39 is 5.91 Å². The highest BCUT2D eigenvalue weighted by atomic mass is 16.3. The third-order valence-corrected chi connectivity index (χ3v) is 5.74. The molecule has 2 heterocycles. The molecule has 0 aliphatic carbocycles. The fourth-order valence-corrected chi connectivity index (χ4v) is 4.37. The highest BCUT2D eigenvalue weighted by Crippen LogP contribution is 2.31. The van der Waals surface area contributed by atoms with E-state index in [1.54, 1.807) is 47.4 Å². The number of phenols is 1. The Kier molecular flexibility index (Phi) is 4.96. The summed E-state index contributed by atoms with van der Waals surface area (Å²) in [6.07, 6.45) is 1.99. The summed E-state index contributed by atoms with van der Waals surface area (Å²) in [4.78, 5) is 40.7. The number of hydrogen-bond donors (Lipinski definition) is 2. The van der Waals surface area contributed by atoms with Crippen molar-refractivity contribution in [2.45, 2.75) is 31.3 Å². The van der Waals surface area contributed by atoms with Gasteiger partial charge in [-0.2, -0.15) is 0 Å². The molecular formula is C22H23N3O4. The molecule has 29 heavy (non-hydrogen) atoms. The summed E-state index contributed by atoms with van der Waals surface area (Å²) < 4.78 is 0. The number of aromatic hydroxyl groups is 1. The molecule has 4 rings (SSSR count). The number of piperazine rings is 1. The molecule has 3 amide bonds. The maximum Gasteiger partial charge on any atom is 0.253 e. The number of likely N-dealkylation sites (tertiary alicyclic amines) is 1. The summed E-state index contributed by atoms with van der Waals surface area (Å²) in [5.74, 6) is -0.448. The van der Waals surface area contributed by atoms with Gasteiger partial charge in [-0.15, -0.1) is 0 Å². The molecule has 2 aliphatic rings. The molecule has 2 fully saturated rings. The van der Waals surface area contributed by atoms with E-state index in [9.17, 15) is 19.5 Å². The Balaban J connectivity index is 1.43. The fourth-order valence-electron chi connectivity index (χ4n) is 4.37. The minimum absolute atomic E-state index is 0.00685. The molecule has 2 aromatic carbocycles. The van der Waals surface area contributed by atoms with Gasteiger partial charge in [0.1, 0.15) is 5.75 Å². The van der Waals surface area contributed by atoms with Crippen LogP contribution in [-0.4, -0.2) is 57.8 Å². The number of nitrogens with two attached hydrogens (primary N) is 1. The zero-order valence-corrected chi connectivity index (χ0v) is 16.0. The Bertz CT molecular complexity index is 943. The van der Waals surface area contributed by atoms with Crippen molar-refractivity contribution in [2.24, 2.45) is 5.73 Å². The second kappa shape index (κ2) is 7.58. The molecule has 2 atom stereocenters. The maximum atomic E-state index is 12.9. The lowest BCUT2D eigenvalue weighted by Crippen LogP contribution is -2.57. The Morgan fingerprint density at radius 2 is 1.59 bits per heavy atom. The van der Waals surface area contributed by atoms with E-state index in [4.69, 9.17) is 5.73 Å². The van der Waals surface area contributed by atoms with Gasteiger partial charge in [0.15, 0.2) is 0 Å². The van der Waals surface area contributed by atoms with Gasteiger partial charge >= 0.3 is 0 Å². The summed E-state index contributed by atoms with van der Waals surface area (Å²) in [7, 11) is 0. The predicted molar refractivity (Wildman–Crippen MR) is 106 cm³/mol. The lowest BCUT2D eigenvalue weighted by atomic mass is 10.1. The van der Waals surface area contributed by atoms with E-state index in [1.807, 2.05) is 11.0 Å². The van der Waals surface area contributed by atoms with Crippen molar-refractivity contribution in [3.05, 3.63) is 65.2 Å². The molecule has 2 bridgehead atoms. The van der Waals surface area contributed by atoms with Crippen LogP contribution in [-0.2, 0) is 11.2 Å². The maximum absolute atomic E-state index is 12.9. The minimum Gasteiger partial charge on any atom is -0.508 e. The third kappa shape index (κ3) is 3.81. The van der Waals surface area contributed by atoms with Crippen LogP contribution in [0.2, 0.25) is 0 Å². The van der Waals surface area contributed by atoms with Crippen molar-refractivity contribution in [3.63, 3.8) is 0 Å². The van der Waals surface area contributed by atoms with E-state index in [-0.39, 0.29) is 36.1 Å². The first-order valence-electron chi connectivity index (χ1n) is 9.70. The van der Waals surface area contributed by atoms with E-state index in [1.165, 1.54) is 0 Å².